The summed E-state index contributed by atoms with van der Waals surface area (Å²) in [5, 5.41) is 3.00. The van der Waals surface area contributed by atoms with Crippen LogP contribution in [0.25, 0.3) is 0 Å². The molecule has 4 heteroatoms. The van der Waals surface area contributed by atoms with Crippen LogP contribution in [-0.4, -0.2) is 18.0 Å². The summed E-state index contributed by atoms with van der Waals surface area (Å²) in [5.74, 6) is 0.392. The molecule has 0 fully saturated rings. The summed E-state index contributed by atoms with van der Waals surface area (Å²) in [6.07, 6.45) is 3.46. The van der Waals surface area contributed by atoms with Crippen LogP contribution >= 0.6 is 0 Å². The summed E-state index contributed by atoms with van der Waals surface area (Å²) in [6, 6.07) is 11.0. The minimum absolute atomic E-state index is 0.170. The summed E-state index contributed by atoms with van der Waals surface area (Å²) in [4.78, 5) is 16.5. The second-order valence-corrected chi connectivity index (χ2v) is 5.02. The molecule has 2 rings (SSSR count). The first-order chi connectivity index (χ1) is 9.54. The number of aromatic nitrogens is 1. The molecule has 0 saturated heterocycles. The van der Waals surface area contributed by atoms with Crippen molar-refractivity contribution in [2.75, 3.05) is 7.11 Å². The Labute approximate surface area is 118 Å². The van der Waals surface area contributed by atoms with Crippen LogP contribution in [0, 0.1) is 0 Å². The summed E-state index contributed by atoms with van der Waals surface area (Å²) in [7, 11) is 1.55. The third-order valence-corrected chi connectivity index (χ3v) is 3.16. The maximum Gasteiger partial charge on any atom is 0.255 e. The van der Waals surface area contributed by atoms with Crippen LogP contribution in [-0.2, 0) is 5.54 Å². The minimum atomic E-state index is -0.508. The van der Waals surface area contributed by atoms with E-state index in [1.54, 1.807) is 31.6 Å². The zero-order chi connectivity index (χ0) is 14.6. The lowest BCUT2D eigenvalue weighted by molar-refractivity contribution is 0.0909. The Morgan fingerprint density at radius 2 is 1.95 bits per heavy atom. The Balaban J connectivity index is 2.23. The molecule has 1 N–H and O–H groups in total. The van der Waals surface area contributed by atoms with Gasteiger partial charge in [-0.3, -0.25) is 9.78 Å². The van der Waals surface area contributed by atoms with Crippen molar-refractivity contribution in [2.45, 2.75) is 19.4 Å². The van der Waals surface area contributed by atoms with E-state index in [0.29, 0.717) is 11.3 Å². The van der Waals surface area contributed by atoms with Gasteiger partial charge in [0, 0.05) is 12.4 Å². The Morgan fingerprint density at radius 3 is 2.60 bits per heavy atom. The molecule has 0 spiro atoms. The molecule has 1 aromatic carbocycles. The summed E-state index contributed by atoms with van der Waals surface area (Å²) in [5.41, 5.74) is 0.960. The second-order valence-electron chi connectivity index (χ2n) is 5.02. The average Bonchev–Trinajstić information content (AvgIpc) is 2.47. The lowest BCUT2D eigenvalue weighted by Gasteiger charge is -2.26. The minimum Gasteiger partial charge on any atom is -0.496 e. The first-order valence-electron chi connectivity index (χ1n) is 6.40. The number of amides is 1. The number of nitrogens with one attached hydrogen (secondary N) is 1. The van der Waals surface area contributed by atoms with Gasteiger partial charge < -0.3 is 10.1 Å². The van der Waals surface area contributed by atoms with Gasteiger partial charge in [0.25, 0.3) is 5.91 Å². The van der Waals surface area contributed by atoms with Gasteiger partial charge in [0.1, 0.15) is 5.75 Å². The first kappa shape index (κ1) is 14.1. The monoisotopic (exact) mass is 270 g/mol. The Hall–Kier alpha value is -2.36. The number of rotatable bonds is 4. The van der Waals surface area contributed by atoms with Crippen molar-refractivity contribution >= 4 is 5.91 Å². The van der Waals surface area contributed by atoms with E-state index in [1.165, 1.54) is 0 Å². The highest BCUT2D eigenvalue weighted by atomic mass is 16.5. The fourth-order valence-electron chi connectivity index (χ4n) is 1.99. The standard InChI is InChI=1S/C16H18N2O2/c1-16(2,12-7-6-10-17-11-12)18-15(19)13-8-4-5-9-14(13)20-3/h4-11H,1-3H3,(H,18,19). The second kappa shape index (κ2) is 5.74. The van der Waals surface area contributed by atoms with Gasteiger partial charge in [-0.1, -0.05) is 18.2 Å². The zero-order valence-electron chi connectivity index (χ0n) is 11.9. The molecule has 4 nitrogen and oxygen atoms in total. The fourth-order valence-corrected chi connectivity index (χ4v) is 1.99. The topological polar surface area (TPSA) is 51.2 Å². The van der Waals surface area contributed by atoms with Gasteiger partial charge in [-0.2, -0.15) is 0 Å². The van der Waals surface area contributed by atoms with Crippen LogP contribution in [0.3, 0.4) is 0 Å². The molecule has 0 aliphatic carbocycles. The number of benzene rings is 1. The van der Waals surface area contributed by atoms with E-state index in [2.05, 4.69) is 10.3 Å². The maximum absolute atomic E-state index is 12.4. The van der Waals surface area contributed by atoms with Crippen molar-refractivity contribution < 1.29 is 9.53 Å². The average molecular weight is 270 g/mol. The van der Waals surface area contributed by atoms with E-state index in [-0.39, 0.29) is 5.91 Å². The van der Waals surface area contributed by atoms with Gasteiger partial charge in [0.05, 0.1) is 18.2 Å². The quantitative estimate of drug-likeness (QED) is 0.929. The summed E-state index contributed by atoms with van der Waals surface area (Å²) in [6.45, 7) is 3.88. The molecule has 1 heterocycles. The summed E-state index contributed by atoms with van der Waals surface area (Å²) >= 11 is 0. The van der Waals surface area contributed by atoms with Crippen molar-refractivity contribution in [3.05, 3.63) is 59.9 Å². The SMILES string of the molecule is COc1ccccc1C(=O)NC(C)(C)c1cccnc1. The predicted molar refractivity (Wildman–Crippen MR) is 77.7 cm³/mol. The molecule has 0 radical (unpaired) electrons. The molecule has 0 aliphatic rings. The van der Waals surface area contributed by atoms with Crippen molar-refractivity contribution in [1.29, 1.82) is 0 Å². The van der Waals surface area contributed by atoms with E-state index < -0.39 is 5.54 Å². The van der Waals surface area contributed by atoms with Crippen molar-refractivity contribution in [2.24, 2.45) is 0 Å². The molecule has 1 aromatic heterocycles. The van der Waals surface area contributed by atoms with Gasteiger partial charge in [-0.15, -0.1) is 0 Å². The maximum atomic E-state index is 12.4. The smallest absolute Gasteiger partial charge is 0.255 e. The van der Waals surface area contributed by atoms with E-state index >= 15 is 0 Å². The Bertz CT molecular complexity index is 594. The van der Waals surface area contributed by atoms with Gasteiger partial charge in [-0.25, -0.2) is 0 Å². The lowest BCUT2D eigenvalue weighted by Crippen LogP contribution is -2.41. The number of para-hydroxylation sites is 1. The molecule has 104 valence electrons. The first-order valence-corrected chi connectivity index (χ1v) is 6.40. The highest BCUT2D eigenvalue weighted by molar-refractivity contribution is 5.97. The van der Waals surface area contributed by atoms with E-state index in [9.17, 15) is 4.79 Å². The van der Waals surface area contributed by atoms with Crippen molar-refractivity contribution in [1.82, 2.24) is 10.3 Å². The lowest BCUT2D eigenvalue weighted by atomic mass is 9.95. The molecule has 0 aliphatic heterocycles. The summed E-state index contributed by atoms with van der Waals surface area (Å²) < 4.78 is 5.21. The van der Waals surface area contributed by atoms with E-state index in [1.807, 2.05) is 38.1 Å². The molecular weight excluding hydrogens is 252 g/mol. The molecule has 20 heavy (non-hydrogen) atoms. The van der Waals surface area contributed by atoms with Crippen LogP contribution in [0.5, 0.6) is 5.75 Å². The van der Waals surface area contributed by atoms with Gasteiger partial charge in [-0.05, 0) is 37.6 Å². The highest BCUT2D eigenvalue weighted by Gasteiger charge is 2.24. The van der Waals surface area contributed by atoms with Gasteiger partial charge in [0.2, 0.25) is 0 Å². The number of pyridine rings is 1. The van der Waals surface area contributed by atoms with Crippen molar-refractivity contribution in [3.8, 4) is 5.75 Å². The third-order valence-electron chi connectivity index (χ3n) is 3.16. The largest absolute Gasteiger partial charge is 0.496 e. The van der Waals surface area contributed by atoms with Crippen LogP contribution < -0.4 is 10.1 Å². The van der Waals surface area contributed by atoms with Crippen LogP contribution in [0.4, 0.5) is 0 Å². The number of nitrogens with zero attached hydrogens (tertiary/aromatic N) is 1. The number of hydrogen-bond acceptors (Lipinski definition) is 3. The third kappa shape index (κ3) is 2.96. The van der Waals surface area contributed by atoms with Crippen LogP contribution in [0.15, 0.2) is 48.8 Å². The molecule has 0 saturated carbocycles. The van der Waals surface area contributed by atoms with Gasteiger partial charge in [0.15, 0.2) is 0 Å². The highest BCUT2D eigenvalue weighted by Crippen LogP contribution is 2.22. The van der Waals surface area contributed by atoms with E-state index in [0.717, 1.165) is 5.56 Å². The fraction of sp³-hybridized carbons (Fsp3) is 0.250. The number of carbonyl (C=O) groups excluding carboxylic acids is 1. The molecule has 0 bridgehead atoms. The predicted octanol–water partition coefficient (Wildman–Crippen LogP) is 2.76. The van der Waals surface area contributed by atoms with E-state index in [4.69, 9.17) is 4.74 Å². The van der Waals surface area contributed by atoms with Crippen molar-refractivity contribution in [3.63, 3.8) is 0 Å². The Kier molecular flexibility index (Phi) is 4.03. The van der Waals surface area contributed by atoms with Crippen LogP contribution in [0.1, 0.15) is 29.8 Å². The molecule has 2 aromatic rings. The number of carbonyl (C=O) groups is 1. The number of hydrogen-bond donors (Lipinski definition) is 1. The van der Waals surface area contributed by atoms with Gasteiger partial charge >= 0.3 is 0 Å². The molecule has 1 amide bonds. The Morgan fingerprint density at radius 1 is 1.20 bits per heavy atom. The number of ether oxygens (including phenoxy) is 1. The molecule has 0 atom stereocenters. The number of methoxy groups -OCH3 is 1. The molecule has 0 unspecified atom stereocenters. The van der Waals surface area contributed by atoms with Crippen LogP contribution in [0.2, 0.25) is 0 Å². The zero-order valence-corrected chi connectivity index (χ0v) is 11.9. The molecular formula is C16H18N2O2. The normalized spacial score (nSPS) is 10.9.